The number of rotatable bonds is 1. The van der Waals surface area contributed by atoms with Crippen molar-refractivity contribution in [1.82, 2.24) is 15.0 Å². The molecule has 2 rings (SSSR count). The maximum atomic E-state index is 4.08. The molecule has 3 heteroatoms. The van der Waals surface area contributed by atoms with E-state index in [2.05, 4.69) is 21.9 Å². The Morgan fingerprint density at radius 2 is 2.64 bits per heavy atom. The molecule has 0 fully saturated rings. The second kappa shape index (κ2) is 2.64. The van der Waals surface area contributed by atoms with Crippen LogP contribution in [0.4, 0.5) is 0 Å². The van der Waals surface area contributed by atoms with E-state index in [9.17, 15) is 0 Å². The molecular formula is C8H13N3. The van der Waals surface area contributed by atoms with Gasteiger partial charge in [-0.15, -0.1) is 5.10 Å². The quantitative estimate of drug-likeness (QED) is 0.610. The van der Waals surface area contributed by atoms with Crippen LogP contribution in [0.2, 0.25) is 0 Å². The molecule has 0 aliphatic carbocycles. The van der Waals surface area contributed by atoms with Crippen LogP contribution in [0.25, 0.3) is 0 Å². The Balaban J connectivity index is 2.32. The Hall–Kier alpha value is -0.860. The average molecular weight is 151 g/mol. The zero-order valence-corrected chi connectivity index (χ0v) is 6.82. The Labute approximate surface area is 66.4 Å². The molecule has 0 spiro atoms. The van der Waals surface area contributed by atoms with E-state index in [4.69, 9.17) is 0 Å². The minimum atomic E-state index is 0.612. The summed E-state index contributed by atoms with van der Waals surface area (Å²) in [5.41, 5.74) is 1.31. The number of aromatic nitrogens is 3. The second-order valence-electron chi connectivity index (χ2n) is 3.12. The zero-order valence-electron chi connectivity index (χ0n) is 6.82. The van der Waals surface area contributed by atoms with Gasteiger partial charge in [0.1, 0.15) is 0 Å². The van der Waals surface area contributed by atoms with Crippen molar-refractivity contribution < 1.29 is 0 Å². The van der Waals surface area contributed by atoms with Gasteiger partial charge in [-0.1, -0.05) is 12.1 Å². The van der Waals surface area contributed by atoms with Crippen molar-refractivity contribution in [2.75, 3.05) is 0 Å². The summed E-state index contributed by atoms with van der Waals surface area (Å²) in [6.07, 6.45) is 6.79. The third kappa shape index (κ3) is 1.04. The fourth-order valence-electron chi connectivity index (χ4n) is 1.77. The summed E-state index contributed by atoms with van der Waals surface area (Å²) < 4.78 is 2.09. The summed E-state index contributed by atoms with van der Waals surface area (Å²) in [6, 6.07) is 0.612. The molecule has 0 N–H and O–H groups in total. The average Bonchev–Trinajstić information content (AvgIpc) is 2.50. The van der Waals surface area contributed by atoms with Crippen LogP contribution >= 0.6 is 0 Å². The number of aryl methyl sites for hydroxylation is 1. The van der Waals surface area contributed by atoms with Crippen molar-refractivity contribution >= 4 is 0 Å². The zero-order chi connectivity index (χ0) is 7.68. The summed E-state index contributed by atoms with van der Waals surface area (Å²) in [5, 5.41) is 7.99. The number of nitrogens with zero attached hydrogens (tertiary/aromatic N) is 3. The molecule has 0 aromatic carbocycles. The van der Waals surface area contributed by atoms with Gasteiger partial charge in [0, 0.05) is 0 Å². The minimum Gasteiger partial charge on any atom is -0.246 e. The summed E-state index contributed by atoms with van der Waals surface area (Å²) in [6.45, 7) is 2.21. The Morgan fingerprint density at radius 3 is 3.45 bits per heavy atom. The van der Waals surface area contributed by atoms with Crippen LogP contribution in [0.5, 0.6) is 0 Å². The van der Waals surface area contributed by atoms with Gasteiger partial charge in [-0.25, -0.2) is 4.68 Å². The van der Waals surface area contributed by atoms with Crippen molar-refractivity contribution in [3.05, 3.63) is 11.9 Å². The van der Waals surface area contributed by atoms with E-state index in [0.717, 1.165) is 6.42 Å². The Bertz CT molecular complexity index is 241. The molecule has 0 saturated heterocycles. The molecule has 1 atom stereocenters. The van der Waals surface area contributed by atoms with Crippen molar-refractivity contribution in [2.45, 2.75) is 38.6 Å². The lowest BCUT2D eigenvalue weighted by atomic mass is 10.0. The van der Waals surface area contributed by atoms with Gasteiger partial charge < -0.3 is 0 Å². The van der Waals surface area contributed by atoms with E-state index < -0.39 is 0 Å². The second-order valence-corrected chi connectivity index (χ2v) is 3.12. The highest BCUT2D eigenvalue weighted by Gasteiger charge is 2.18. The largest absolute Gasteiger partial charge is 0.246 e. The molecule has 1 aromatic heterocycles. The molecule has 0 bridgehead atoms. The van der Waals surface area contributed by atoms with Crippen LogP contribution in [0.15, 0.2) is 6.20 Å². The molecule has 2 heterocycles. The van der Waals surface area contributed by atoms with Gasteiger partial charge in [-0.05, 0) is 25.7 Å². The first-order valence-electron chi connectivity index (χ1n) is 4.31. The molecular weight excluding hydrogens is 138 g/mol. The van der Waals surface area contributed by atoms with Gasteiger partial charge >= 0.3 is 0 Å². The van der Waals surface area contributed by atoms with Gasteiger partial charge in [0.05, 0.1) is 17.9 Å². The predicted octanol–water partition coefficient (Wildman–Crippen LogP) is 1.57. The highest BCUT2D eigenvalue weighted by molar-refractivity contribution is 4.99. The number of fused-ring (bicyclic) bond motifs is 1. The maximum absolute atomic E-state index is 4.08. The van der Waals surface area contributed by atoms with Crippen LogP contribution in [-0.2, 0) is 6.42 Å². The van der Waals surface area contributed by atoms with Crippen LogP contribution < -0.4 is 0 Å². The summed E-state index contributed by atoms with van der Waals surface area (Å²) in [4.78, 5) is 0. The first-order valence-corrected chi connectivity index (χ1v) is 4.31. The normalized spacial score (nSPS) is 23.2. The van der Waals surface area contributed by atoms with E-state index in [1.54, 1.807) is 0 Å². The minimum absolute atomic E-state index is 0.612. The first kappa shape index (κ1) is 6.83. The van der Waals surface area contributed by atoms with Gasteiger partial charge in [0.2, 0.25) is 0 Å². The first-order chi connectivity index (χ1) is 5.42. The monoisotopic (exact) mass is 151 g/mol. The standard InChI is InChI=1S/C8H13N3/c1-2-7-4-3-5-8-6-9-10-11(7)8/h6-7H,2-5H2,1H3/t7-/m1/s1. The van der Waals surface area contributed by atoms with Crippen molar-refractivity contribution in [1.29, 1.82) is 0 Å². The van der Waals surface area contributed by atoms with Crippen LogP contribution in [0, 0.1) is 0 Å². The van der Waals surface area contributed by atoms with E-state index in [1.807, 2.05) is 6.20 Å². The molecule has 11 heavy (non-hydrogen) atoms. The van der Waals surface area contributed by atoms with Gasteiger partial charge in [0.15, 0.2) is 0 Å². The van der Waals surface area contributed by atoms with Crippen molar-refractivity contribution in [2.24, 2.45) is 0 Å². The number of hydrogen-bond donors (Lipinski definition) is 0. The van der Waals surface area contributed by atoms with E-state index >= 15 is 0 Å². The van der Waals surface area contributed by atoms with Crippen molar-refractivity contribution in [3.63, 3.8) is 0 Å². The third-order valence-electron chi connectivity index (χ3n) is 2.44. The van der Waals surface area contributed by atoms with Gasteiger partial charge in [-0.3, -0.25) is 0 Å². The molecule has 1 aliphatic rings. The molecule has 60 valence electrons. The predicted molar refractivity (Wildman–Crippen MR) is 42.3 cm³/mol. The summed E-state index contributed by atoms with van der Waals surface area (Å²) in [7, 11) is 0. The van der Waals surface area contributed by atoms with Crippen LogP contribution in [0.1, 0.15) is 37.9 Å². The Kier molecular flexibility index (Phi) is 1.64. The molecule has 0 saturated carbocycles. The van der Waals surface area contributed by atoms with Crippen LogP contribution in [0.3, 0.4) is 0 Å². The lowest BCUT2D eigenvalue weighted by Gasteiger charge is -2.21. The van der Waals surface area contributed by atoms with Gasteiger partial charge in [-0.2, -0.15) is 0 Å². The highest BCUT2D eigenvalue weighted by atomic mass is 15.4. The summed E-state index contributed by atoms with van der Waals surface area (Å²) >= 11 is 0. The van der Waals surface area contributed by atoms with E-state index in [1.165, 1.54) is 25.0 Å². The van der Waals surface area contributed by atoms with Gasteiger partial charge in [0.25, 0.3) is 0 Å². The summed E-state index contributed by atoms with van der Waals surface area (Å²) in [5.74, 6) is 0. The fraction of sp³-hybridized carbons (Fsp3) is 0.750. The van der Waals surface area contributed by atoms with Crippen molar-refractivity contribution in [3.8, 4) is 0 Å². The van der Waals surface area contributed by atoms with E-state index in [-0.39, 0.29) is 0 Å². The maximum Gasteiger partial charge on any atom is 0.0725 e. The molecule has 1 aromatic rings. The van der Waals surface area contributed by atoms with E-state index in [0.29, 0.717) is 6.04 Å². The molecule has 0 unspecified atom stereocenters. The topological polar surface area (TPSA) is 30.7 Å². The molecule has 3 nitrogen and oxygen atoms in total. The van der Waals surface area contributed by atoms with Crippen LogP contribution in [-0.4, -0.2) is 15.0 Å². The molecule has 0 amide bonds. The lowest BCUT2D eigenvalue weighted by Crippen LogP contribution is -2.17. The molecule has 1 aliphatic heterocycles. The smallest absolute Gasteiger partial charge is 0.0725 e. The molecule has 0 radical (unpaired) electrons. The fourth-order valence-corrected chi connectivity index (χ4v) is 1.77. The SMILES string of the molecule is CC[C@@H]1CCCc2cnnn21. The third-order valence-corrected chi connectivity index (χ3v) is 2.44. The Morgan fingerprint density at radius 1 is 1.73 bits per heavy atom. The highest BCUT2D eigenvalue weighted by Crippen LogP contribution is 2.24. The lowest BCUT2D eigenvalue weighted by molar-refractivity contribution is 0.351. The number of hydrogen-bond acceptors (Lipinski definition) is 2.